The van der Waals surface area contributed by atoms with Crippen LogP contribution in [0.25, 0.3) is 0 Å². The zero-order chi connectivity index (χ0) is 21.2. The third-order valence-electron chi connectivity index (χ3n) is 3.89. The van der Waals surface area contributed by atoms with Crippen LogP contribution in [-0.4, -0.2) is 16.9 Å². The molecule has 1 heterocycles. The Morgan fingerprint density at radius 3 is 2.43 bits per heavy atom. The van der Waals surface area contributed by atoms with Gasteiger partial charge in [-0.05, 0) is 30.2 Å². The molecule has 0 spiro atoms. The van der Waals surface area contributed by atoms with Crippen molar-refractivity contribution in [1.82, 2.24) is 10.3 Å². The van der Waals surface area contributed by atoms with Gasteiger partial charge in [0.05, 0.1) is 25.3 Å². The molecule has 1 aromatic heterocycles. The molecule has 1 atom stereocenters. The summed E-state index contributed by atoms with van der Waals surface area (Å²) in [5, 5.41) is 11.7. The van der Waals surface area contributed by atoms with Crippen molar-refractivity contribution in [1.29, 1.82) is 0 Å². The summed E-state index contributed by atoms with van der Waals surface area (Å²) in [5.74, 6) is 6.55. The predicted molar refractivity (Wildman–Crippen MR) is 117 cm³/mol. The van der Waals surface area contributed by atoms with Crippen LogP contribution < -0.4 is 10.1 Å². The lowest BCUT2D eigenvalue weighted by Crippen LogP contribution is -2.28. The van der Waals surface area contributed by atoms with Crippen LogP contribution in [0.1, 0.15) is 29.9 Å². The average molecular weight is 419 g/mol. The van der Waals surface area contributed by atoms with E-state index in [1.807, 2.05) is 61.5 Å². The molecule has 0 radical (unpaired) electrons. The van der Waals surface area contributed by atoms with Crippen LogP contribution in [0.2, 0.25) is 0 Å². The van der Waals surface area contributed by atoms with Gasteiger partial charge in [-0.25, -0.2) is 4.98 Å². The maximum Gasteiger partial charge on any atom is 0.279 e. The Balaban J connectivity index is 1.49. The molecular weight excluding hydrogens is 396 g/mol. The molecular formula is C23H22N4O2S. The normalized spacial score (nSPS) is 11.5. The molecule has 0 aliphatic carbocycles. The van der Waals surface area contributed by atoms with Crippen LogP contribution in [0.5, 0.6) is 10.9 Å². The summed E-state index contributed by atoms with van der Waals surface area (Å²) in [6.45, 7) is 4.41. The van der Waals surface area contributed by atoms with Gasteiger partial charge in [0.2, 0.25) is 5.91 Å². The Bertz CT molecular complexity index is 1050. The van der Waals surface area contributed by atoms with Gasteiger partial charge in [-0.1, -0.05) is 65.6 Å². The molecule has 3 aromatic rings. The Morgan fingerprint density at radius 1 is 1.10 bits per heavy atom. The SMILES string of the molecule is CC(=O)NC(C)C#Cc1cnc(Oc2ccc(CN=NCc3ccccc3)cc2)s1. The number of benzene rings is 2. The molecule has 0 aliphatic rings. The number of nitrogens with one attached hydrogen (secondary N) is 1. The monoisotopic (exact) mass is 418 g/mol. The van der Waals surface area contributed by atoms with E-state index >= 15 is 0 Å². The molecule has 30 heavy (non-hydrogen) atoms. The molecule has 1 amide bonds. The van der Waals surface area contributed by atoms with Gasteiger partial charge in [-0.15, -0.1) is 0 Å². The van der Waals surface area contributed by atoms with Crippen LogP contribution >= 0.6 is 11.3 Å². The van der Waals surface area contributed by atoms with Crippen LogP contribution in [0, 0.1) is 11.8 Å². The molecule has 0 bridgehead atoms. The van der Waals surface area contributed by atoms with Gasteiger partial charge in [0.15, 0.2) is 0 Å². The highest BCUT2D eigenvalue weighted by Crippen LogP contribution is 2.26. The van der Waals surface area contributed by atoms with Gasteiger partial charge < -0.3 is 10.1 Å². The molecule has 152 valence electrons. The zero-order valence-electron chi connectivity index (χ0n) is 16.8. The summed E-state index contributed by atoms with van der Waals surface area (Å²) in [4.78, 5) is 16.0. The van der Waals surface area contributed by atoms with E-state index < -0.39 is 0 Å². The first-order chi connectivity index (χ1) is 14.6. The lowest BCUT2D eigenvalue weighted by Gasteiger charge is -2.02. The number of hydrogen-bond donors (Lipinski definition) is 1. The number of carbonyl (C=O) groups is 1. The van der Waals surface area contributed by atoms with Crippen molar-refractivity contribution in [2.75, 3.05) is 0 Å². The minimum absolute atomic E-state index is 0.105. The number of ether oxygens (including phenoxy) is 1. The van der Waals surface area contributed by atoms with Crippen molar-refractivity contribution in [3.8, 4) is 22.8 Å². The number of amides is 1. The molecule has 1 unspecified atom stereocenters. The van der Waals surface area contributed by atoms with Crippen molar-refractivity contribution in [3.05, 3.63) is 76.8 Å². The maximum absolute atomic E-state index is 11.0. The predicted octanol–water partition coefficient (Wildman–Crippen LogP) is 4.96. The van der Waals surface area contributed by atoms with Crippen molar-refractivity contribution in [3.63, 3.8) is 0 Å². The van der Waals surface area contributed by atoms with E-state index in [1.165, 1.54) is 18.3 Å². The summed E-state index contributed by atoms with van der Waals surface area (Å²) in [6.07, 6.45) is 1.66. The molecule has 0 aliphatic heterocycles. The first-order valence-corrected chi connectivity index (χ1v) is 10.3. The summed E-state index contributed by atoms with van der Waals surface area (Å²) in [7, 11) is 0. The van der Waals surface area contributed by atoms with E-state index in [-0.39, 0.29) is 11.9 Å². The fourth-order valence-electron chi connectivity index (χ4n) is 2.49. The molecule has 0 saturated carbocycles. The second-order valence-electron chi connectivity index (χ2n) is 6.51. The Hall–Kier alpha value is -3.50. The van der Waals surface area contributed by atoms with Gasteiger partial charge in [0, 0.05) is 6.92 Å². The lowest BCUT2D eigenvalue weighted by molar-refractivity contribution is -0.119. The van der Waals surface area contributed by atoms with E-state index in [9.17, 15) is 4.79 Å². The summed E-state index contributed by atoms with van der Waals surface area (Å²) in [6, 6.07) is 17.5. The number of aromatic nitrogens is 1. The number of nitrogens with zero attached hydrogens (tertiary/aromatic N) is 3. The Morgan fingerprint density at radius 2 is 1.77 bits per heavy atom. The van der Waals surface area contributed by atoms with E-state index in [1.54, 1.807) is 6.20 Å². The second-order valence-corrected chi connectivity index (χ2v) is 7.51. The van der Waals surface area contributed by atoms with Crippen LogP contribution in [-0.2, 0) is 17.9 Å². The zero-order valence-corrected chi connectivity index (χ0v) is 17.6. The van der Waals surface area contributed by atoms with Crippen molar-refractivity contribution < 1.29 is 9.53 Å². The number of azo groups is 1. The van der Waals surface area contributed by atoms with Crippen molar-refractivity contribution in [2.45, 2.75) is 33.0 Å². The quantitative estimate of drug-likeness (QED) is 0.435. The Labute approximate surface area is 180 Å². The van der Waals surface area contributed by atoms with Gasteiger partial charge in [0.25, 0.3) is 5.19 Å². The van der Waals surface area contributed by atoms with Crippen LogP contribution in [0.3, 0.4) is 0 Å². The minimum atomic E-state index is -0.216. The topological polar surface area (TPSA) is 75.9 Å². The maximum atomic E-state index is 11.0. The summed E-state index contributed by atoms with van der Waals surface area (Å²) < 4.78 is 5.78. The van der Waals surface area contributed by atoms with Crippen LogP contribution in [0.15, 0.2) is 71.0 Å². The average Bonchev–Trinajstić information content (AvgIpc) is 3.18. The van der Waals surface area contributed by atoms with Crippen molar-refractivity contribution in [2.24, 2.45) is 10.2 Å². The molecule has 3 rings (SSSR count). The van der Waals surface area contributed by atoms with Gasteiger partial charge in [-0.3, -0.25) is 4.79 Å². The highest BCUT2D eigenvalue weighted by molar-refractivity contribution is 7.13. The summed E-state index contributed by atoms with van der Waals surface area (Å²) >= 11 is 1.35. The standard InChI is InChI=1S/C23H22N4O2S/c1-17(27-18(2)28)8-13-22-16-24-23(30-22)29-21-11-9-20(10-12-21)15-26-25-14-19-6-4-3-5-7-19/h3-7,9-12,16-17H,14-15H2,1-2H3,(H,27,28). The molecule has 6 nitrogen and oxygen atoms in total. The van der Waals surface area contributed by atoms with E-state index in [0.717, 1.165) is 16.0 Å². The van der Waals surface area contributed by atoms with Crippen molar-refractivity contribution >= 4 is 17.2 Å². The third-order valence-corrected chi connectivity index (χ3v) is 4.68. The van der Waals surface area contributed by atoms with E-state index in [2.05, 4.69) is 32.4 Å². The number of thiazole rings is 1. The molecule has 7 heteroatoms. The highest BCUT2D eigenvalue weighted by Gasteiger charge is 2.04. The van der Waals surface area contributed by atoms with E-state index in [0.29, 0.717) is 24.0 Å². The van der Waals surface area contributed by atoms with Gasteiger partial charge in [-0.2, -0.15) is 10.2 Å². The fraction of sp³-hybridized carbons (Fsp3) is 0.217. The lowest BCUT2D eigenvalue weighted by atomic mass is 10.2. The van der Waals surface area contributed by atoms with Crippen LogP contribution in [0.4, 0.5) is 0 Å². The molecule has 0 saturated heterocycles. The smallest absolute Gasteiger partial charge is 0.279 e. The molecule has 0 fully saturated rings. The number of rotatable bonds is 7. The largest absolute Gasteiger partial charge is 0.431 e. The first kappa shape index (κ1) is 21.2. The highest BCUT2D eigenvalue weighted by atomic mass is 32.1. The molecule has 1 N–H and O–H groups in total. The summed E-state index contributed by atoms with van der Waals surface area (Å²) in [5.41, 5.74) is 2.19. The van der Waals surface area contributed by atoms with Gasteiger partial charge >= 0.3 is 0 Å². The van der Waals surface area contributed by atoms with Gasteiger partial charge in [0.1, 0.15) is 10.6 Å². The number of hydrogen-bond acceptors (Lipinski definition) is 6. The van der Waals surface area contributed by atoms with E-state index in [4.69, 9.17) is 4.74 Å². The second kappa shape index (κ2) is 10.9. The molecule has 2 aromatic carbocycles. The fourth-order valence-corrected chi connectivity index (χ4v) is 3.14. The Kier molecular flexibility index (Phi) is 7.70. The first-order valence-electron chi connectivity index (χ1n) is 9.47. The number of carbonyl (C=O) groups excluding carboxylic acids is 1. The minimum Gasteiger partial charge on any atom is -0.431 e. The third kappa shape index (κ3) is 7.15.